The molecule has 0 aliphatic rings. The summed E-state index contributed by atoms with van der Waals surface area (Å²) in [6.45, 7) is 8.65. The van der Waals surface area contributed by atoms with Crippen LogP contribution < -0.4 is 6.15 Å². The van der Waals surface area contributed by atoms with Crippen molar-refractivity contribution in [2.45, 2.75) is 0 Å². The quantitative estimate of drug-likeness (QED) is 0.405. The van der Waals surface area contributed by atoms with Crippen LogP contribution in [0.15, 0.2) is 25.3 Å². The Kier molecular flexibility index (Phi) is 9.40. The SMILES string of the molecule is C=CCN(CC=C)C(=S)S.N. The zero-order chi connectivity index (χ0) is 7.98. The van der Waals surface area contributed by atoms with E-state index in [9.17, 15) is 0 Å². The van der Waals surface area contributed by atoms with Crippen molar-refractivity contribution in [3.63, 3.8) is 0 Å². The van der Waals surface area contributed by atoms with Gasteiger partial charge in [0.25, 0.3) is 0 Å². The highest BCUT2D eigenvalue weighted by atomic mass is 32.1. The largest absolute Gasteiger partial charge is 0.350 e. The Hall–Kier alpha value is -0.320. The van der Waals surface area contributed by atoms with Gasteiger partial charge in [-0.25, -0.2) is 0 Å². The number of hydrogen-bond acceptors (Lipinski definition) is 2. The molecule has 0 aromatic rings. The van der Waals surface area contributed by atoms with Crippen molar-refractivity contribution >= 4 is 29.2 Å². The topological polar surface area (TPSA) is 38.2 Å². The van der Waals surface area contributed by atoms with Gasteiger partial charge in [0.2, 0.25) is 0 Å². The van der Waals surface area contributed by atoms with Crippen molar-refractivity contribution in [1.82, 2.24) is 11.1 Å². The molecule has 0 aromatic heterocycles. The van der Waals surface area contributed by atoms with Gasteiger partial charge in [-0.1, -0.05) is 24.4 Å². The summed E-state index contributed by atoms with van der Waals surface area (Å²) in [6.07, 6.45) is 3.57. The molecule has 0 atom stereocenters. The molecule has 11 heavy (non-hydrogen) atoms. The summed E-state index contributed by atoms with van der Waals surface area (Å²) < 4.78 is 0.583. The summed E-state index contributed by atoms with van der Waals surface area (Å²) in [6, 6.07) is 0. The number of rotatable bonds is 4. The first-order valence-electron chi connectivity index (χ1n) is 2.92. The van der Waals surface area contributed by atoms with Crippen LogP contribution in [0.2, 0.25) is 0 Å². The lowest BCUT2D eigenvalue weighted by Gasteiger charge is -2.17. The molecule has 0 heterocycles. The highest BCUT2D eigenvalue weighted by molar-refractivity contribution is 8.10. The fourth-order valence-electron chi connectivity index (χ4n) is 0.542. The zero-order valence-corrected chi connectivity index (χ0v) is 8.20. The minimum Gasteiger partial charge on any atom is -0.350 e. The molecule has 0 saturated heterocycles. The maximum absolute atomic E-state index is 4.84. The number of thiol groups is 1. The molecule has 0 bridgehead atoms. The first-order chi connectivity index (χ1) is 4.72. The lowest BCUT2D eigenvalue weighted by molar-refractivity contribution is 0.533. The molecule has 0 aromatic carbocycles. The Bertz CT molecular complexity index is 135. The molecule has 64 valence electrons. The molecule has 0 unspecified atom stereocenters. The van der Waals surface area contributed by atoms with Gasteiger partial charge < -0.3 is 11.1 Å². The van der Waals surface area contributed by atoms with Crippen molar-refractivity contribution in [3.8, 4) is 0 Å². The third kappa shape index (κ3) is 6.09. The Morgan fingerprint density at radius 2 is 1.73 bits per heavy atom. The second-order valence-corrected chi connectivity index (χ2v) is 2.88. The highest BCUT2D eigenvalue weighted by Gasteiger charge is 1.98. The van der Waals surface area contributed by atoms with Gasteiger partial charge in [0.1, 0.15) is 4.32 Å². The Morgan fingerprint density at radius 3 is 1.91 bits per heavy atom. The van der Waals surface area contributed by atoms with Gasteiger partial charge in [-0.05, 0) is 0 Å². The van der Waals surface area contributed by atoms with Gasteiger partial charge in [0.15, 0.2) is 0 Å². The molecule has 0 amide bonds. The summed E-state index contributed by atoms with van der Waals surface area (Å²) in [5.41, 5.74) is 0. The predicted molar refractivity (Wildman–Crippen MR) is 58.6 cm³/mol. The van der Waals surface area contributed by atoms with Crippen LogP contribution in [0, 0.1) is 0 Å². The first-order valence-corrected chi connectivity index (χ1v) is 3.77. The summed E-state index contributed by atoms with van der Waals surface area (Å²) in [4.78, 5) is 1.89. The molecular formula is C7H14N2S2. The minimum absolute atomic E-state index is 0. The molecule has 0 rings (SSSR count). The lowest BCUT2D eigenvalue weighted by atomic mass is 10.5. The van der Waals surface area contributed by atoms with E-state index in [1.54, 1.807) is 12.2 Å². The number of thiocarbonyl (C=S) groups is 1. The van der Waals surface area contributed by atoms with E-state index in [0.29, 0.717) is 4.32 Å². The van der Waals surface area contributed by atoms with Gasteiger partial charge in [-0.3, -0.25) is 0 Å². The molecule has 2 nitrogen and oxygen atoms in total. The summed E-state index contributed by atoms with van der Waals surface area (Å²) in [7, 11) is 0. The van der Waals surface area contributed by atoms with Crippen LogP contribution in [0.5, 0.6) is 0 Å². The average Bonchev–Trinajstić information content (AvgIpc) is 1.87. The second kappa shape index (κ2) is 7.78. The van der Waals surface area contributed by atoms with E-state index in [0.717, 1.165) is 13.1 Å². The molecule has 4 heteroatoms. The van der Waals surface area contributed by atoms with Gasteiger partial charge in [0.05, 0.1) is 0 Å². The third-order valence-electron chi connectivity index (χ3n) is 0.969. The first kappa shape index (κ1) is 13.3. The van der Waals surface area contributed by atoms with Gasteiger partial charge in [0, 0.05) is 13.1 Å². The standard InChI is InChI=1S/C7H11NS2.H3N/c1-3-5-8(6-4-2)7(9)10;/h3-4H,1-2,5-6H2,(H,9,10);1H3. The van der Waals surface area contributed by atoms with E-state index in [1.807, 2.05) is 4.90 Å². The van der Waals surface area contributed by atoms with Crippen molar-refractivity contribution in [2.24, 2.45) is 0 Å². The maximum Gasteiger partial charge on any atom is 0.133 e. The van der Waals surface area contributed by atoms with E-state index in [4.69, 9.17) is 12.2 Å². The van der Waals surface area contributed by atoms with E-state index in [-0.39, 0.29) is 6.15 Å². The van der Waals surface area contributed by atoms with Crippen LogP contribution in [0.25, 0.3) is 0 Å². The van der Waals surface area contributed by atoms with Crippen LogP contribution in [0.1, 0.15) is 0 Å². The number of hydrogen-bond donors (Lipinski definition) is 2. The molecule has 0 aliphatic heterocycles. The van der Waals surface area contributed by atoms with E-state index in [1.165, 1.54) is 0 Å². The molecule has 3 N–H and O–H groups in total. The molecule has 0 saturated carbocycles. The van der Waals surface area contributed by atoms with Crippen LogP contribution in [-0.4, -0.2) is 22.3 Å². The van der Waals surface area contributed by atoms with Crippen LogP contribution in [0.3, 0.4) is 0 Å². The molecule has 0 spiro atoms. The lowest BCUT2D eigenvalue weighted by Crippen LogP contribution is -2.25. The summed E-state index contributed by atoms with van der Waals surface area (Å²) in [5, 5.41) is 0. The molecule has 0 radical (unpaired) electrons. The Balaban J connectivity index is 0. The van der Waals surface area contributed by atoms with Gasteiger partial charge in [-0.15, -0.1) is 25.8 Å². The molecule has 0 fully saturated rings. The van der Waals surface area contributed by atoms with Crippen molar-refractivity contribution in [1.29, 1.82) is 0 Å². The van der Waals surface area contributed by atoms with Gasteiger partial charge in [-0.2, -0.15) is 0 Å². The summed E-state index contributed by atoms with van der Waals surface area (Å²) >= 11 is 8.87. The summed E-state index contributed by atoms with van der Waals surface area (Å²) in [5.74, 6) is 0. The minimum atomic E-state index is 0. The van der Waals surface area contributed by atoms with Crippen molar-refractivity contribution in [3.05, 3.63) is 25.3 Å². The Labute approximate surface area is 79.0 Å². The second-order valence-electron chi connectivity index (χ2n) is 1.76. The van der Waals surface area contributed by atoms with Crippen molar-refractivity contribution in [2.75, 3.05) is 13.1 Å². The zero-order valence-electron chi connectivity index (χ0n) is 6.49. The van der Waals surface area contributed by atoms with E-state index in [2.05, 4.69) is 25.8 Å². The third-order valence-corrected chi connectivity index (χ3v) is 1.51. The highest BCUT2D eigenvalue weighted by Crippen LogP contribution is 1.95. The smallest absolute Gasteiger partial charge is 0.133 e. The Morgan fingerprint density at radius 1 is 1.36 bits per heavy atom. The molecule has 0 aliphatic carbocycles. The van der Waals surface area contributed by atoms with Gasteiger partial charge >= 0.3 is 0 Å². The maximum atomic E-state index is 4.84. The fourth-order valence-corrected chi connectivity index (χ4v) is 0.855. The fraction of sp³-hybridized carbons (Fsp3) is 0.286. The predicted octanol–water partition coefficient (Wildman–Crippen LogP) is 2.04. The number of nitrogens with zero attached hydrogens (tertiary/aromatic N) is 1. The van der Waals surface area contributed by atoms with Crippen molar-refractivity contribution < 1.29 is 0 Å². The monoisotopic (exact) mass is 190 g/mol. The average molecular weight is 190 g/mol. The molecular weight excluding hydrogens is 176 g/mol. The van der Waals surface area contributed by atoms with Crippen LogP contribution in [0.4, 0.5) is 0 Å². The van der Waals surface area contributed by atoms with Crippen LogP contribution >= 0.6 is 24.8 Å². The van der Waals surface area contributed by atoms with E-state index < -0.39 is 0 Å². The normalized spacial score (nSPS) is 7.73. The van der Waals surface area contributed by atoms with E-state index >= 15 is 0 Å². The van der Waals surface area contributed by atoms with Crippen LogP contribution in [-0.2, 0) is 0 Å².